The van der Waals surface area contributed by atoms with Crippen molar-refractivity contribution in [3.8, 4) is 5.75 Å². The zero-order valence-electron chi connectivity index (χ0n) is 13.7. The number of nitrogens with one attached hydrogen (secondary N) is 2. The summed E-state index contributed by atoms with van der Waals surface area (Å²) in [6.07, 6.45) is 1.59. The fraction of sp³-hybridized carbons (Fsp3) is 0.176. The van der Waals surface area contributed by atoms with Gasteiger partial charge in [-0.05, 0) is 35.9 Å². The number of methoxy groups -OCH3 is 1. The van der Waals surface area contributed by atoms with E-state index < -0.39 is 22.6 Å². The smallest absolute Gasteiger partial charge is 0.273 e. The topological polar surface area (TPSA) is 84.5 Å². The fourth-order valence-electron chi connectivity index (χ4n) is 2.14. The van der Waals surface area contributed by atoms with Gasteiger partial charge in [0.1, 0.15) is 5.75 Å². The van der Waals surface area contributed by atoms with Gasteiger partial charge in [-0.2, -0.15) is 0 Å². The van der Waals surface area contributed by atoms with E-state index in [1.807, 2.05) is 0 Å². The summed E-state index contributed by atoms with van der Waals surface area (Å²) in [6, 6.07) is 11.3. The van der Waals surface area contributed by atoms with Crippen LogP contribution in [-0.4, -0.2) is 29.4 Å². The van der Waals surface area contributed by atoms with Crippen molar-refractivity contribution in [1.29, 1.82) is 0 Å². The number of rotatable bonds is 5. The second kappa shape index (κ2) is 8.64. The number of hydrogen-bond donors (Lipinski definition) is 2. The van der Waals surface area contributed by atoms with Gasteiger partial charge in [-0.1, -0.05) is 23.7 Å². The SMILES string of the molecule is COc1cc(Cl)ccc1C(=O)NNC(=O)c1cccc(CS(C)=O)c1. The minimum Gasteiger partial charge on any atom is -0.496 e. The Morgan fingerprint density at radius 1 is 1.12 bits per heavy atom. The number of benzene rings is 2. The molecule has 6 nitrogen and oxygen atoms in total. The maximum atomic E-state index is 12.2. The Kier molecular flexibility index (Phi) is 6.55. The molecule has 0 radical (unpaired) electrons. The molecule has 0 heterocycles. The first-order valence-electron chi connectivity index (χ1n) is 7.24. The lowest BCUT2D eigenvalue weighted by Gasteiger charge is -2.11. The van der Waals surface area contributed by atoms with Crippen molar-refractivity contribution < 1.29 is 18.5 Å². The van der Waals surface area contributed by atoms with Gasteiger partial charge in [-0.25, -0.2) is 0 Å². The summed E-state index contributed by atoms with van der Waals surface area (Å²) in [5.41, 5.74) is 6.04. The summed E-state index contributed by atoms with van der Waals surface area (Å²) in [5, 5.41) is 0.433. The molecule has 0 aromatic heterocycles. The zero-order valence-corrected chi connectivity index (χ0v) is 15.2. The van der Waals surface area contributed by atoms with Crippen LogP contribution in [-0.2, 0) is 16.6 Å². The molecule has 0 aliphatic rings. The predicted molar refractivity (Wildman–Crippen MR) is 97.1 cm³/mol. The third-order valence-electron chi connectivity index (χ3n) is 3.26. The molecule has 1 unspecified atom stereocenters. The van der Waals surface area contributed by atoms with Crippen LogP contribution < -0.4 is 15.6 Å². The van der Waals surface area contributed by atoms with Gasteiger partial charge in [0, 0.05) is 33.4 Å². The minimum absolute atomic E-state index is 0.238. The highest BCUT2D eigenvalue weighted by Crippen LogP contribution is 2.22. The highest BCUT2D eigenvalue weighted by Gasteiger charge is 2.14. The van der Waals surface area contributed by atoms with E-state index in [1.165, 1.54) is 19.2 Å². The average Bonchev–Trinajstić information content (AvgIpc) is 2.58. The lowest BCUT2D eigenvalue weighted by Crippen LogP contribution is -2.41. The van der Waals surface area contributed by atoms with Gasteiger partial charge >= 0.3 is 0 Å². The molecule has 132 valence electrons. The number of ether oxygens (including phenoxy) is 1. The number of hydrazine groups is 1. The molecule has 0 bridgehead atoms. The zero-order chi connectivity index (χ0) is 18.4. The molecule has 0 saturated heterocycles. The first-order chi connectivity index (χ1) is 11.9. The van der Waals surface area contributed by atoms with E-state index in [1.54, 1.807) is 36.6 Å². The van der Waals surface area contributed by atoms with E-state index in [0.717, 1.165) is 5.56 Å². The molecular weight excluding hydrogens is 364 g/mol. The van der Waals surface area contributed by atoms with Crippen molar-refractivity contribution >= 4 is 34.2 Å². The standard InChI is InChI=1S/C17H17ClN2O4S/c1-24-15-9-13(18)6-7-14(15)17(22)20-19-16(21)12-5-3-4-11(8-12)10-25(2)23/h3-9H,10H2,1-2H3,(H,19,21)(H,20,22). The maximum absolute atomic E-state index is 12.2. The Balaban J connectivity index is 2.05. The van der Waals surface area contributed by atoms with Crippen LogP contribution in [0.2, 0.25) is 5.02 Å². The van der Waals surface area contributed by atoms with Crippen LogP contribution in [0.3, 0.4) is 0 Å². The fourth-order valence-corrected chi connectivity index (χ4v) is 2.95. The van der Waals surface area contributed by atoms with Crippen LogP contribution in [0.25, 0.3) is 0 Å². The van der Waals surface area contributed by atoms with Crippen molar-refractivity contribution in [2.45, 2.75) is 5.75 Å². The normalized spacial score (nSPS) is 11.5. The second-order valence-electron chi connectivity index (χ2n) is 5.17. The number of carbonyl (C=O) groups is 2. The highest BCUT2D eigenvalue weighted by atomic mass is 35.5. The van der Waals surface area contributed by atoms with Gasteiger partial charge < -0.3 is 4.74 Å². The Labute approximate surface area is 152 Å². The first-order valence-corrected chi connectivity index (χ1v) is 9.34. The molecule has 2 aromatic carbocycles. The molecule has 0 aliphatic carbocycles. The monoisotopic (exact) mass is 380 g/mol. The lowest BCUT2D eigenvalue weighted by molar-refractivity contribution is 0.0845. The van der Waals surface area contributed by atoms with Crippen molar-refractivity contribution in [1.82, 2.24) is 10.9 Å². The van der Waals surface area contributed by atoms with Crippen LogP contribution in [0.1, 0.15) is 26.3 Å². The molecule has 2 aromatic rings. The van der Waals surface area contributed by atoms with E-state index in [9.17, 15) is 13.8 Å². The van der Waals surface area contributed by atoms with E-state index in [0.29, 0.717) is 22.1 Å². The Hall–Kier alpha value is -2.38. The molecule has 8 heteroatoms. The molecule has 0 aliphatic heterocycles. The number of amides is 2. The van der Waals surface area contributed by atoms with Crippen LogP contribution in [0.15, 0.2) is 42.5 Å². The van der Waals surface area contributed by atoms with Crippen LogP contribution >= 0.6 is 11.6 Å². The summed E-state index contributed by atoms with van der Waals surface area (Å²) in [5.74, 6) is -0.362. The quantitative estimate of drug-likeness (QED) is 0.779. The van der Waals surface area contributed by atoms with Gasteiger partial charge in [0.2, 0.25) is 0 Å². The van der Waals surface area contributed by atoms with Gasteiger partial charge in [-0.3, -0.25) is 24.6 Å². The molecular formula is C17H17ClN2O4S. The second-order valence-corrected chi connectivity index (χ2v) is 7.04. The van der Waals surface area contributed by atoms with Crippen molar-refractivity contribution in [2.75, 3.05) is 13.4 Å². The Bertz CT molecular complexity index is 826. The maximum Gasteiger partial charge on any atom is 0.273 e. The summed E-state index contributed by atoms with van der Waals surface area (Å²) >= 11 is 5.86. The summed E-state index contributed by atoms with van der Waals surface area (Å²) in [6.45, 7) is 0. The number of hydrogen-bond acceptors (Lipinski definition) is 4. The summed E-state index contributed by atoms with van der Waals surface area (Å²) in [7, 11) is 0.415. The van der Waals surface area contributed by atoms with Gasteiger partial charge in [0.05, 0.1) is 12.7 Å². The van der Waals surface area contributed by atoms with E-state index >= 15 is 0 Å². The third kappa shape index (κ3) is 5.30. The first kappa shape index (κ1) is 19.0. The highest BCUT2D eigenvalue weighted by molar-refractivity contribution is 7.83. The number of halogens is 1. The van der Waals surface area contributed by atoms with Crippen molar-refractivity contribution in [2.24, 2.45) is 0 Å². The molecule has 2 rings (SSSR count). The molecule has 0 fully saturated rings. The number of carbonyl (C=O) groups excluding carboxylic acids is 2. The van der Waals surface area contributed by atoms with E-state index in [-0.39, 0.29) is 5.56 Å². The molecule has 0 spiro atoms. The van der Waals surface area contributed by atoms with Crippen molar-refractivity contribution in [3.05, 3.63) is 64.2 Å². The van der Waals surface area contributed by atoms with E-state index in [2.05, 4.69) is 10.9 Å². The lowest BCUT2D eigenvalue weighted by atomic mass is 10.1. The van der Waals surface area contributed by atoms with Gasteiger partial charge in [-0.15, -0.1) is 0 Å². The van der Waals surface area contributed by atoms with Gasteiger partial charge in [0.25, 0.3) is 11.8 Å². The molecule has 0 saturated carbocycles. The van der Waals surface area contributed by atoms with Crippen LogP contribution in [0.4, 0.5) is 0 Å². The predicted octanol–water partition coefficient (Wildman–Crippen LogP) is 2.30. The largest absolute Gasteiger partial charge is 0.496 e. The Morgan fingerprint density at radius 2 is 1.84 bits per heavy atom. The van der Waals surface area contributed by atoms with Crippen LogP contribution in [0, 0.1) is 0 Å². The van der Waals surface area contributed by atoms with Crippen molar-refractivity contribution in [3.63, 3.8) is 0 Å². The summed E-state index contributed by atoms with van der Waals surface area (Å²) < 4.78 is 16.4. The van der Waals surface area contributed by atoms with Gasteiger partial charge in [0.15, 0.2) is 0 Å². The summed E-state index contributed by atoms with van der Waals surface area (Å²) in [4.78, 5) is 24.4. The molecule has 1 atom stereocenters. The Morgan fingerprint density at radius 3 is 2.52 bits per heavy atom. The molecule has 2 N–H and O–H groups in total. The molecule has 25 heavy (non-hydrogen) atoms. The van der Waals surface area contributed by atoms with Crippen LogP contribution in [0.5, 0.6) is 5.75 Å². The minimum atomic E-state index is -1.01. The average molecular weight is 381 g/mol. The van der Waals surface area contributed by atoms with E-state index in [4.69, 9.17) is 16.3 Å². The third-order valence-corrected chi connectivity index (χ3v) is 4.23. The molecule has 2 amide bonds.